The van der Waals surface area contributed by atoms with E-state index < -0.39 is 6.10 Å². The summed E-state index contributed by atoms with van der Waals surface area (Å²) in [5.74, 6) is 0.341. The van der Waals surface area contributed by atoms with Gasteiger partial charge < -0.3 is 10.0 Å². The van der Waals surface area contributed by atoms with Crippen LogP contribution in [0.25, 0.3) is 11.1 Å². The smallest absolute Gasteiger partial charge is 0.229 e. The molecule has 1 saturated carbocycles. The lowest BCUT2D eigenvalue weighted by atomic mass is 9.96. The molecule has 0 radical (unpaired) electrons. The number of halogens is 1. The number of aromatic nitrogens is 2. The van der Waals surface area contributed by atoms with E-state index in [-0.39, 0.29) is 11.2 Å². The molecule has 1 aliphatic carbocycles. The molecule has 1 N–H and O–H groups in total. The van der Waals surface area contributed by atoms with Crippen molar-refractivity contribution in [2.45, 2.75) is 37.7 Å². The Morgan fingerprint density at radius 2 is 1.89 bits per heavy atom. The van der Waals surface area contributed by atoms with E-state index in [1.807, 2.05) is 13.0 Å². The van der Waals surface area contributed by atoms with E-state index in [2.05, 4.69) is 27.0 Å². The van der Waals surface area contributed by atoms with Crippen molar-refractivity contribution >= 4 is 11.6 Å². The van der Waals surface area contributed by atoms with Gasteiger partial charge in [-0.1, -0.05) is 37.3 Å². The predicted octanol–water partition coefficient (Wildman–Crippen LogP) is 4.91. The highest BCUT2D eigenvalue weighted by molar-refractivity contribution is 5.72. The van der Waals surface area contributed by atoms with Gasteiger partial charge in [0.15, 0.2) is 0 Å². The Kier molecular flexibility index (Phi) is 3.95. The second kappa shape index (κ2) is 6.38. The summed E-state index contributed by atoms with van der Waals surface area (Å²) in [4.78, 5) is 11.2. The first-order valence-electron chi connectivity index (χ1n) is 9.78. The second-order valence-corrected chi connectivity index (χ2v) is 7.82. The maximum atomic E-state index is 14.0. The van der Waals surface area contributed by atoms with Crippen LogP contribution in [0.3, 0.4) is 0 Å². The first kappa shape index (κ1) is 17.3. The summed E-state index contributed by atoms with van der Waals surface area (Å²) in [7, 11) is 0. The van der Waals surface area contributed by atoms with Crippen LogP contribution in [0.1, 0.15) is 43.4 Å². The van der Waals surface area contributed by atoms with Gasteiger partial charge in [-0.15, -0.1) is 0 Å². The van der Waals surface area contributed by atoms with Gasteiger partial charge in [0.1, 0.15) is 5.82 Å². The van der Waals surface area contributed by atoms with Crippen LogP contribution < -0.4 is 4.90 Å². The summed E-state index contributed by atoms with van der Waals surface area (Å²) >= 11 is 0. The van der Waals surface area contributed by atoms with E-state index in [0.29, 0.717) is 23.5 Å². The largest absolute Gasteiger partial charge is 0.388 e. The summed E-state index contributed by atoms with van der Waals surface area (Å²) < 4.78 is 14.0. The number of hydrogen-bond acceptors (Lipinski definition) is 4. The number of hydrogen-bond donors (Lipinski definition) is 1. The van der Waals surface area contributed by atoms with Crippen LogP contribution in [0.2, 0.25) is 0 Å². The van der Waals surface area contributed by atoms with E-state index in [0.717, 1.165) is 17.8 Å². The van der Waals surface area contributed by atoms with Gasteiger partial charge in [0.2, 0.25) is 5.95 Å². The molecule has 4 nitrogen and oxygen atoms in total. The molecule has 1 unspecified atom stereocenters. The fourth-order valence-electron chi connectivity index (χ4n) is 4.19. The van der Waals surface area contributed by atoms with Crippen molar-refractivity contribution in [2.75, 3.05) is 11.4 Å². The number of benzene rings is 2. The minimum atomic E-state index is -0.466. The first-order valence-corrected chi connectivity index (χ1v) is 9.78. The quantitative estimate of drug-likeness (QED) is 0.704. The lowest BCUT2D eigenvalue weighted by molar-refractivity contribution is 0.173. The van der Waals surface area contributed by atoms with Crippen molar-refractivity contribution in [3.8, 4) is 11.1 Å². The van der Waals surface area contributed by atoms with Gasteiger partial charge in [-0.2, -0.15) is 0 Å². The molecule has 1 atom stereocenters. The number of anilines is 2. The van der Waals surface area contributed by atoms with Crippen LogP contribution in [0.5, 0.6) is 0 Å². The third-order valence-corrected chi connectivity index (χ3v) is 6.03. The van der Waals surface area contributed by atoms with Crippen molar-refractivity contribution < 1.29 is 9.50 Å². The van der Waals surface area contributed by atoms with Crippen LogP contribution in [0, 0.1) is 5.82 Å². The van der Waals surface area contributed by atoms with Crippen LogP contribution in [0.15, 0.2) is 54.9 Å². The van der Waals surface area contributed by atoms with Gasteiger partial charge in [-0.3, -0.25) is 0 Å². The van der Waals surface area contributed by atoms with E-state index in [9.17, 15) is 9.50 Å². The highest BCUT2D eigenvalue weighted by Crippen LogP contribution is 2.58. The van der Waals surface area contributed by atoms with Crippen molar-refractivity contribution in [3.63, 3.8) is 0 Å². The first-order chi connectivity index (χ1) is 13.6. The Balaban J connectivity index is 1.52. The number of fused-ring (bicyclic) bond motifs is 2. The lowest BCUT2D eigenvalue weighted by Gasteiger charge is -2.19. The molecule has 2 heterocycles. The van der Waals surface area contributed by atoms with Gasteiger partial charge in [0, 0.05) is 41.2 Å². The predicted molar refractivity (Wildman–Crippen MR) is 107 cm³/mol. The molecule has 0 saturated heterocycles. The number of rotatable bonds is 4. The van der Waals surface area contributed by atoms with Crippen LogP contribution >= 0.6 is 0 Å². The fraction of sp³-hybridized carbons (Fsp3) is 0.304. The molecule has 1 fully saturated rings. The zero-order chi connectivity index (χ0) is 19.3. The molecular formula is C23H22FN3O. The maximum absolute atomic E-state index is 14.0. The summed E-state index contributed by atoms with van der Waals surface area (Å²) in [6.07, 6.45) is 5.91. The summed E-state index contributed by atoms with van der Waals surface area (Å²) in [5, 5.41) is 10.3. The molecule has 1 spiro atoms. The minimum Gasteiger partial charge on any atom is -0.388 e. The van der Waals surface area contributed by atoms with E-state index in [1.165, 1.54) is 24.5 Å². The average Bonchev–Trinajstić information content (AvgIpc) is 3.44. The molecular weight excluding hydrogens is 353 g/mol. The normalized spacial score (nSPS) is 17.6. The summed E-state index contributed by atoms with van der Waals surface area (Å²) in [6.45, 7) is 2.83. The van der Waals surface area contributed by atoms with Crippen LogP contribution in [0.4, 0.5) is 16.0 Å². The topological polar surface area (TPSA) is 49.2 Å². The molecule has 0 bridgehead atoms. The Morgan fingerprint density at radius 1 is 1.14 bits per heavy atom. The average molecular weight is 375 g/mol. The van der Waals surface area contributed by atoms with Crippen molar-refractivity contribution in [1.29, 1.82) is 0 Å². The van der Waals surface area contributed by atoms with Crippen molar-refractivity contribution in [2.24, 2.45) is 0 Å². The van der Waals surface area contributed by atoms with Crippen molar-refractivity contribution in [1.82, 2.24) is 9.97 Å². The second-order valence-electron chi connectivity index (χ2n) is 7.82. The zero-order valence-electron chi connectivity index (χ0n) is 15.8. The third-order valence-electron chi connectivity index (χ3n) is 6.03. The lowest BCUT2D eigenvalue weighted by Crippen LogP contribution is -2.21. The molecule has 5 heteroatoms. The fourth-order valence-corrected chi connectivity index (χ4v) is 4.19. The SMILES string of the molecule is CCC(O)c1ccc2c(c1)N(c1ncc(-c3ccccc3F)cn1)CC21CC1. The molecule has 0 amide bonds. The molecule has 2 aliphatic rings. The third kappa shape index (κ3) is 2.69. The number of aliphatic hydroxyl groups excluding tert-OH is 1. The van der Waals surface area contributed by atoms with Gasteiger partial charge in [0.25, 0.3) is 0 Å². The molecule has 3 aromatic rings. The van der Waals surface area contributed by atoms with Crippen LogP contribution in [-0.4, -0.2) is 21.6 Å². The summed E-state index contributed by atoms with van der Waals surface area (Å²) in [6, 6.07) is 12.9. The zero-order valence-corrected chi connectivity index (χ0v) is 15.8. The Hall–Kier alpha value is -2.79. The van der Waals surface area contributed by atoms with Gasteiger partial charge in [0.05, 0.1) is 6.10 Å². The molecule has 28 heavy (non-hydrogen) atoms. The number of nitrogens with zero attached hydrogens (tertiary/aromatic N) is 3. The van der Waals surface area contributed by atoms with Crippen LogP contribution in [-0.2, 0) is 5.41 Å². The Labute approximate surface area is 163 Å². The summed E-state index contributed by atoms with van der Waals surface area (Å²) in [5.41, 5.74) is 4.69. The van der Waals surface area contributed by atoms with E-state index in [4.69, 9.17) is 0 Å². The molecule has 2 aromatic carbocycles. The molecule has 5 rings (SSSR count). The highest BCUT2D eigenvalue weighted by atomic mass is 19.1. The Morgan fingerprint density at radius 3 is 2.57 bits per heavy atom. The van der Waals surface area contributed by atoms with Gasteiger partial charge >= 0.3 is 0 Å². The van der Waals surface area contributed by atoms with E-state index in [1.54, 1.807) is 30.6 Å². The van der Waals surface area contributed by atoms with Crippen molar-refractivity contribution in [3.05, 3.63) is 71.8 Å². The Bertz CT molecular complexity index is 1030. The van der Waals surface area contributed by atoms with E-state index >= 15 is 0 Å². The van der Waals surface area contributed by atoms with Gasteiger partial charge in [-0.05, 0) is 42.5 Å². The van der Waals surface area contributed by atoms with Gasteiger partial charge in [-0.25, -0.2) is 14.4 Å². The highest BCUT2D eigenvalue weighted by Gasteiger charge is 2.52. The monoisotopic (exact) mass is 375 g/mol. The molecule has 1 aliphatic heterocycles. The number of aliphatic hydroxyl groups is 1. The maximum Gasteiger partial charge on any atom is 0.229 e. The minimum absolute atomic E-state index is 0.193. The molecule has 1 aromatic heterocycles. The molecule has 142 valence electrons. The standard InChI is InChI=1S/C23H22FN3O/c1-2-21(28)15-7-8-18-20(11-15)27(14-23(18)9-10-23)22-25-12-16(13-26-22)17-5-3-4-6-19(17)24/h3-8,11-13,21,28H,2,9-10,14H2,1H3.